The van der Waals surface area contributed by atoms with Crippen molar-refractivity contribution in [3.8, 4) is 5.75 Å². The molecule has 0 aliphatic heterocycles. The Hall–Kier alpha value is -3.06. The molecule has 4 rings (SSSR count). The van der Waals surface area contributed by atoms with E-state index in [2.05, 4.69) is 10.6 Å². The van der Waals surface area contributed by atoms with Crippen LogP contribution in [-0.4, -0.2) is 48.7 Å². The largest absolute Gasteiger partial charge is 0.484 e. The van der Waals surface area contributed by atoms with Crippen molar-refractivity contribution in [1.29, 1.82) is 0 Å². The van der Waals surface area contributed by atoms with Crippen molar-refractivity contribution in [2.75, 3.05) is 30.9 Å². The summed E-state index contributed by atoms with van der Waals surface area (Å²) in [6, 6.07) is 15.5. The van der Waals surface area contributed by atoms with Gasteiger partial charge in [0.05, 0.1) is 5.52 Å². The highest BCUT2D eigenvalue weighted by molar-refractivity contribution is 6.30. The van der Waals surface area contributed by atoms with Crippen LogP contribution in [0.3, 0.4) is 0 Å². The number of halogens is 1. The second-order valence-corrected chi connectivity index (χ2v) is 8.72. The summed E-state index contributed by atoms with van der Waals surface area (Å²) in [5.74, 6) is 2.07. The van der Waals surface area contributed by atoms with Gasteiger partial charge in [0.15, 0.2) is 6.61 Å². The van der Waals surface area contributed by atoms with Gasteiger partial charge in [-0.2, -0.15) is 4.98 Å². The predicted octanol–water partition coefficient (Wildman–Crippen LogP) is 4.27. The minimum absolute atomic E-state index is 0.00193. The van der Waals surface area contributed by atoms with E-state index in [1.807, 2.05) is 43.3 Å². The Morgan fingerprint density at radius 2 is 1.72 bits per heavy atom. The number of ether oxygens (including phenoxy) is 1. The number of amides is 1. The maximum Gasteiger partial charge on any atom is 0.258 e. The fourth-order valence-electron chi connectivity index (χ4n) is 3.98. The third kappa shape index (κ3) is 5.59. The molecule has 0 saturated heterocycles. The molecule has 8 heteroatoms. The van der Waals surface area contributed by atoms with E-state index < -0.39 is 0 Å². The number of aromatic nitrogens is 2. The highest BCUT2D eigenvalue weighted by Crippen LogP contribution is 2.26. The first-order valence-electron chi connectivity index (χ1n) is 10.9. The third-order valence-corrected chi connectivity index (χ3v) is 5.87. The average Bonchev–Trinajstić information content (AvgIpc) is 2.79. The van der Waals surface area contributed by atoms with Crippen molar-refractivity contribution in [3.05, 3.63) is 53.6 Å². The number of hydrogen-bond acceptors (Lipinski definition) is 6. The minimum atomic E-state index is -0.107. The summed E-state index contributed by atoms with van der Waals surface area (Å²) in [4.78, 5) is 23.7. The normalized spacial score (nSPS) is 18.2. The molecule has 1 aliphatic rings. The molecular weight excluding hydrogens is 426 g/mol. The quantitative estimate of drug-likeness (QED) is 0.556. The van der Waals surface area contributed by atoms with E-state index in [0.717, 1.165) is 42.4 Å². The molecular formula is C24H28ClN5O2. The van der Waals surface area contributed by atoms with Crippen LogP contribution in [0.2, 0.25) is 5.02 Å². The van der Waals surface area contributed by atoms with Crippen LogP contribution in [-0.2, 0) is 4.79 Å². The number of anilines is 2. The van der Waals surface area contributed by atoms with Gasteiger partial charge in [-0.05, 0) is 62.1 Å². The second-order valence-electron chi connectivity index (χ2n) is 8.29. The van der Waals surface area contributed by atoms with E-state index in [0.29, 0.717) is 16.7 Å². The second kappa shape index (κ2) is 10.0. The lowest BCUT2D eigenvalue weighted by atomic mass is 9.91. The monoisotopic (exact) mass is 453 g/mol. The van der Waals surface area contributed by atoms with Gasteiger partial charge in [-0.1, -0.05) is 23.7 Å². The number of benzene rings is 2. The zero-order valence-corrected chi connectivity index (χ0v) is 19.1. The van der Waals surface area contributed by atoms with Crippen LogP contribution in [0.1, 0.15) is 25.7 Å². The van der Waals surface area contributed by atoms with Crippen LogP contribution in [0.15, 0.2) is 48.5 Å². The van der Waals surface area contributed by atoms with E-state index in [1.54, 1.807) is 24.3 Å². The van der Waals surface area contributed by atoms with Crippen LogP contribution in [0.25, 0.3) is 10.9 Å². The van der Waals surface area contributed by atoms with Gasteiger partial charge >= 0.3 is 0 Å². The molecule has 1 saturated carbocycles. The van der Waals surface area contributed by atoms with Crippen molar-refractivity contribution in [3.63, 3.8) is 0 Å². The summed E-state index contributed by atoms with van der Waals surface area (Å²) in [5, 5.41) is 8.25. The summed E-state index contributed by atoms with van der Waals surface area (Å²) in [6.07, 6.45) is 3.68. The lowest BCUT2D eigenvalue weighted by Crippen LogP contribution is -2.42. The molecule has 0 unspecified atom stereocenters. The van der Waals surface area contributed by atoms with Gasteiger partial charge in [-0.3, -0.25) is 4.79 Å². The Bertz CT molecular complexity index is 1070. The van der Waals surface area contributed by atoms with E-state index in [1.165, 1.54) is 0 Å². The summed E-state index contributed by atoms with van der Waals surface area (Å²) >= 11 is 5.86. The number of hydrogen-bond donors (Lipinski definition) is 2. The fraction of sp³-hybridized carbons (Fsp3) is 0.375. The highest BCUT2D eigenvalue weighted by atomic mass is 35.5. The first-order valence-corrected chi connectivity index (χ1v) is 11.2. The molecule has 0 radical (unpaired) electrons. The van der Waals surface area contributed by atoms with Gasteiger partial charge in [0.2, 0.25) is 5.95 Å². The SMILES string of the molecule is CN(C)c1nc(N[C@H]2CC[C@@H](NC(=O)COc3ccc(Cl)cc3)CC2)nc2ccccc12. The maximum absolute atomic E-state index is 12.2. The Morgan fingerprint density at radius 3 is 2.44 bits per heavy atom. The van der Waals surface area contributed by atoms with E-state index in [4.69, 9.17) is 26.3 Å². The van der Waals surface area contributed by atoms with Crippen molar-refractivity contribution >= 4 is 40.2 Å². The molecule has 1 heterocycles. The molecule has 0 spiro atoms. The molecule has 1 aliphatic carbocycles. The van der Waals surface area contributed by atoms with Crippen molar-refractivity contribution in [2.45, 2.75) is 37.8 Å². The Kier molecular flexibility index (Phi) is 6.95. The summed E-state index contributed by atoms with van der Waals surface area (Å²) in [5.41, 5.74) is 0.926. The fourth-order valence-corrected chi connectivity index (χ4v) is 4.10. The van der Waals surface area contributed by atoms with Crippen LogP contribution in [0.5, 0.6) is 5.75 Å². The number of rotatable bonds is 7. The maximum atomic E-state index is 12.2. The number of fused-ring (bicyclic) bond motifs is 1. The number of nitrogens with one attached hydrogen (secondary N) is 2. The van der Waals surface area contributed by atoms with Gasteiger partial charge < -0.3 is 20.3 Å². The third-order valence-electron chi connectivity index (χ3n) is 5.62. The molecule has 7 nitrogen and oxygen atoms in total. The topological polar surface area (TPSA) is 79.4 Å². The molecule has 1 aromatic heterocycles. The summed E-state index contributed by atoms with van der Waals surface area (Å²) in [7, 11) is 3.98. The van der Waals surface area contributed by atoms with Crippen molar-refractivity contribution in [2.24, 2.45) is 0 Å². The van der Waals surface area contributed by atoms with Gasteiger partial charge in [-0.15, -0.1) is 0 Å². The molecule has 32 heavy (non-hydrogen) atoms. The lowest BCUT2D eigenvalue weighted by molar-refractivity contribution is -0.124. The van der Waals surface area contributed by atoms with Crippen molar-refractivity contribution < 1.29 is 9.53 Å². The van der Waals surface area contributed by atoms with Crippen LogP contribution in [0, 0.1) is 0 Å². The van der Waals surface area contributed by atoms with Crippen LogP contribution >= 0.6 is 11.6 Å². The predicted molar refractivity (Wildman–Crippen MR) is 129 cm³/mol. The highest BCUT2D eigenvalue weighted by Gasteiger charge is 2.23. The van der Waals surface area contributed by atoms with Crippen molar-refractivity contribution in [1.82, 2.24) is 15.3 Å². The number of carbonyl (C=O) groups is 1. The molecule has 2 aromatic carbocycles. The zero-order chi connectivity index (χ0) is 22.5. The Morgan fingerprint density at radius 1 is 1.03 bits per heavy atom. The van der Waals surface area contributed by atoms with Gasteiger partial charge in [0.25, 0.3) is 5.91 Å². The molecule has 2 N–H and O–H groups in total. The molecule has 1 fully saturated rings. The number of para-hydroxylation sites is 1. The number of nitrogens with zero attached hydrogens (tertiary/aromatic N) is 3. The van der Waals surface area contributed by atoms with Crippen LogP contribution < -0.4 is 20.3 Å². The molecule has 1 amide bonds. The van der Waals surface area contributed by atoms with Gasteiger partial charge in [-0.25, -0.2) is 4.98 Å². The molecule has 168 valence electrons. The first kappa shape index (κ1) is 22.1. The summed E-state index contributed by atoms with van der Waals surface area (Å²) in [6.45, 7) is -0.00193. The number of carbonyl (C=O) groups excluding carboxylic acids is 1. The Balaban J connectivity index is 1.27. The van der Waals surface area contributed by atoms with Gasteiger partial charge in [0.1, 0.15) is 11.6 Å². The van der Waals surface area contributed by atoms with E-state index in [-0.39, 0.29) is 24.6 Å². The van der Waals surface area contributed by atoms with Crippen LogP contribution in [0.4, 0.5) is 11.8 Å². The minimum Gasteiger partial charge on any atom is -0.484 e. The average molecular weight is 454 g/mol. The Labute approximate surface area is 193 Å². The molecule has 0 atom stereocenters. The smallest absolute Gasteiger partial charge is 0.258 e. The standard InChI is InChI=1S/C24H28ClN5O2/c1-30(2)23-20-5-3-4-6-21(20)28-24(29-23)27-18-11-9-17(10-12-18)26-22(31)15-32-19-13-7-16(25)8-14-19/h3-8,13-14,17-18H,9-12,15H2,1-2H3,(H,26,31)(H,27,28,29)/t17-,18+. The van der Waals surface area contributed by atoms with E-state index in [9.17, 15) is 4.79 Å². The molecule has 3 aromatic rings. The first-order chi connectivity index (χ1) is 15.5. The molecule has 0 bridgehead atoms. The van der Waals surface area contributed by atoms with E-state index >= 15 is 0 Å². The lowest BCUT2D eigenvalue weighted by Gasteiger charge is -2.30. The summed E-state index contributed by atoms with van der Waals surface area (Å²) < 4.78 is 5.53. The zero-order valence-electron chi connectivity index (χ0n) is 18.3. The van der Waals surface area contributed by atoms with Gasteiger partial charge in [0, 0.05) is 36.6 Å².